The number of ether oxygens (including phenoxy) is 7. The third-order valence-electron chi connectivity index (χ3n) is 19.7. The lowest BCUT2D eigenvalue weighted by Crippen LogP contribution is -2.17. The van der Waals surface area contributed by atoms with Crippen molar-refractivity contribution < 1.29 is 50.4 Å². The molecule has 0 saturated heterocycles. The van der Waals surface area contributed by atoms with E-state index in [0.717, 1.165) is 113 Å². The molecule has 0 saturated carbocycles. The lowest BCUT2D eigenvalue weighted by Gasteiger charge is -2.20. The summed E-state index contributed by atoms with van der Waals surface area (Å²) < 4.78 is 88.7. The van der Waals surface area contributed by atoms with E-state index in [0.29, 0.717) is 62.0 Å². The highest BCUT2D eigenvalue weighted by molar-refractivity contribution is 7.89. The molecule has 696 valence electrons. The summed E-state index contributed by atoms with van der Waals surface area (Å²) in [4.78, 5) is 59.4. The van der Waals surface area contributed by atoms with Crippen LogP contribution in [0.4, 0.5) is 8.78 Å². The van der Waals surface area contributed by atoms with Gasteiger partial charge in [0.05, 0.1) is 197 Å². The quantitative estimate of drug-likeness (QED) is 0.0772. The second-order valence-corrected chi connectivity index (χ2v) is 41.4. The zero-order valence-electron chi connectivity index (χ0n) is 82.8. The van der Waals surface area contributed by atoms with Crippen LogP contribution >= 0.6 is 11.6 Å². The minimum absolute atomic E-state index is 0.0266. The van der Waals surface area contributed by atoms with E-state index in [1.165, 1.54) is 32.6 Å². The van der Waals surface area contributed by atoms with E-state index >= 15 is 0 Å². The minimum Gasteiger partial charge on any atom is -0.496 e. The van der Waals surface area contributed by atoms with Gasteiger partial charge in [0.15, 0.2) is 44.5 Å². The summed E-state index contributed by atoms with van der Waals surface area (Å²) in [5.74, 6) is 2.90. The van der Waals surface area contributed by atoms with Gasteiger partial charge >= 0.3 is 0 Å². The van der Waals surface area contributed by atoms with Gasteiger partial charge in [0.25, 0.3) is 0 Å². The Morgan fingerprint density at radius 2 is 0.569 bits per heavy atom. The molecule has 5 aromatic carbocycles. The van der Waals surface area contributed by atoms with E-state index in [1.54, 1.807) is 81.9 Å². The zero-order valence-corrected chi connectivity index (χ0v) is 84.4. The number of benzene rings is 5. The predicted octanol–water partition coefficient (Wildman–Crippen LogP) is 24.8. The van der Waals surface area contributed by atoms with Crippen molar-refractivity contribution in [1.82, 2.24) is 64.8 Å². The first-order valence-corrected chi connectivity index (χ1v) is 45.8. The van der Waals surface area contributed by atoms with Crippen LogP contribution in [0.1, 0.15) is 240 Å². The topological polar surface area (TPSA) is 266 Å². The van der Waals surface area contributed by atoms with Crippen LogP contribution in [0.2, 0.25) is 5.02 Å². The van der Waals surface area contributed by atoms with Gasteiger partial charge in [0.1, 0.15) is 11.5 Å². The molecular weight excluding hydrogens is 1680 g/mol. The van der Waals surface area contributed by atoms with E-state index in [2.05, 4.69) is 169 Å². The van der Waals surface area contributed by atoms with Crippen molar-refractivity contribution in [3.63, 3.8) is 0 Å². The molecule has 26 heteroatoms. The molecule has 7 heterocycles. The van der Waals surface area contributed by atoms with Gasteiger partial charge in [-0.1, -0.05) is 136 Å². The van der Waals surface area contributed by atoms with Crippen molar-refractivity contribution in [3.05, 3.63) is 237 Å². The first kappa shape index (κ1) is 105. The first-order chi connectivity index (χ1) is 60.3. The van der Waals surface area contributed by atoms with Gasteiger partial charge in [-0.05, 0) is 180 Å². The van der Waals surface area contributed by atoms with E-state index in [1.807, 2.05) is 150 Å². The van der Waals surface area contributed by atoms with Crippen molar-refractivity contribution in [3.8, 4) is 108 Å². The Morgan fingerprint density at radius 1 is 0.308 bits per heavy atom. The Morgan fingerprint density at radius 3 is 0.846 bits per heavy atom. The smallest absolute Gasteiger partial charge is 0.213 e. The Hall–Kier alpha value is -11.6. The van der Waals surface area contributed by atoms with Crippen LogP contribution in [0, 0.1) is 53.2 Å². The number of methoxy groups -OCH3 is 4. The number of sulfone groups is 1. The monoisotopic (exact) mass is 1810 g/mol. The Labute approximate surface area is 775 Å². The maximum Gasteiger partial charge on any atom is 0.213 e. The molecular formula is C104H134ClF2N13O9S. The van der Waals surface area contributed by atoms with Crippen LogP contribution in [0.25, 0.3) is 67.5 Å². The third-order valence-corrected chi connectivity index (χ3v) is 20.8. The van der Waals surface area contributed by atoms with Gasteiger partial charge in [-0.15, -0.1) is 0 Å². The van der Waals surface area contributed by atoms with Crippen LogP contribution in [0.15, 0.2) is 147 Å². The summed E-state index contributed by atoms with van der Waals surface area (Å²) in [7, 11) is 3.07. The molecule has 0 spiro atoms. The molecule has 7 aromatic heterocycles. The number of aryl methyl sites for hydroxylation is 6. The van der Waals surface area contributed by atoms with Crippen LogP contribution in [-0.2, 0) is 48.1 Å². The summed E-state index contributed by atoms with van der Waals surface area (Å²) in [6.45, 7) is 61.5. The van der Waals surface area contributed by atoms with Crippen LogP contribution in [-0.4, -0.2) is 126 Å². The lowest BCUT2D eigenvalue weighted by atomic mass is 9.90. The Balaban J connectivity index is 0.000000214. The summed E-state index contributed by atoms with van der Waals surface area (Å²) in [6, 6.07) is 30.5. The molecule has 0 aliphatic rings. The van der Waals surface area contributed by atoms with Crippen molar-refractivity contribution in [2.24, 2.45) is 0 Å². The zero-order chi connectivity index (χ0) is 97.3. The minimum atomic E-state index is -3.16. The van der Waals surface area contributed by atoms with Gasteiger partial charge < -0.3 is 33.2 Å². The molecule has 22 nitrogen and oxygen atoms in total. The molecule has 0 unspecified atom stereocenters. The first-order valence-electron chi connectivity index (χ1n) is 43.4. The largest absolute Gasteiger partial charge is 0.496 e. The van der Waals surface area contributed by atoms with Crippen molar-refractivity contribution >= 4 is 21.4 Å². The molecule has 0 atom stereocenters. The Bertz CT molecular complexity index is 5850. The normalized spacial score (nSPS) is 11.8. The van der Waals surface area contributed by atoms with Gasteiger partial charge in [-0.25, -0.2) is 52.1 Å². The Kier molecular flexibility index (Phi) is 36.0. The molecule has 0 aliphatic heterocycles. The van der Waals surface area contributed by atoms with Crippen molar-refractivity contribution in [1.29, 1.82) is 0 Å². The SMILES string of the molecule is COc1ccc(-c2cnc(C)c(C(C)(C)C)n2)cc1CS(C)(=O)=O.COc1ccc(-c2cnc(C)c(C(C)(C)C)n2)cc1F.COc1ccc(-c2cnc(C)c(C(C)(C)C)n2)cc1OC.Cc1ncc(-c2ccc(OC(C)C)c(Cl)c2)nc1C(C)(C)C.Cc1ncc(-c2ccc(OC(C)C)c(F)c2)nc1C(C)(C)C.Cc1ncc(-c2ccc(OC(C)C)nc2)nc1C(C)(C)C. The number of nitrogens with zero attached hydrogens (tertiary/aromatic N) is 13. The number of rotatable bonds is 18. The summed E-state index contributed by atoms with van der Waals surface area (Å²) in [5.41, 5.74) is 21.2. The van der Waals surface area contributed by atoms with Crippen LogP contribution < -0.4 is 33.2 Å². The number of pyridine rings is 1. The van der Waals surface area contributed by atoms with Crippen molar-refractivity contribution in [2.75, 3.05) is 34.7 Å². The molecule has 0 amide bonds. The molecule has 12 rings (SSSR count). The maximum atomic E-state index is 14.1. The number of hydrogen-bond donors (Lipinski definition) is 0. The second-order valence-electron chi connectivity index (χ2n) is 38.8. The molecule has 0 aliphatic carbocycles. The molecule has 130 heavy (non-hydrogen) atoms. The summed E-state index contributed by atoms with van der Waals surface area (Å²) in [5, 5.41) is 0.589. The molecule has 0 N–H and O–H groups in total. The maximum absolute atomic E-state index is 14.1. The van der Waals surface area contributed by atoms with E-state index < -0.39 is 15.7 Å². The van der Waals surface area contributed by atoms with Gasteiger partial charge in [0, 0.05) is 90.0 Å². The fraction of sp³-hybridized carbons (Fsp3) is 0.433. The average molecular weight is 1820 g/mol. The highest BCUT2D eigenvalue weighted by Gasteiger charge is 2.28. The number of halogens is 3. The molecule has 0 fully saturated rings. The summed E-state index contributed by atoms with van der Waals surface area (Å²) in [6.07, 6.45) is 13.6. The third kappa shape index (κ3) is 30.3. The van der Waals surface area contributed by atoms with Gasteiger partial charge in [-0.3, -0.25) is 29.9 Å². The van der Waals surface area contributed by atoms with Crippen LogP contribution in [0.3, 0.4) is 0 Å². The highest BCUT2D eigenvalue weighted by Crippen LogP contribution is 2.38. The molecule has 0 radical (unpaired) electrons. The standard InChI is InChI=1S/C18H23ClN2O.C18H23FN2O.C18H24N2O3S.C17H23N3O.C17H22N2O2.C16H19FN2O/c2*1-11(2)22-16-8-7-13(9-14(16)19)15-10-20-12(3)17(21-15)18(4,5)6;1-12-17(18(2,3)4)20-15(10-19-12)13-7-8-16(23-5)14(9-13)11-24(6,21)22;1-11(2)21-15-8-7-13(9-19-15)14-10-18-12(3)16(20-14)17(4,5)6;1-11-16(17(2,3)4)19-13(10-18-11)12-7-8-14(20-5)15(9-12)21-6;1-10-15(16(2,3)4)19-13(9-18-10)11-6-7-14(20-5)12(17)8-11/h2*7-11H,1-6H3;7-10H,11H2,1-6H3;7-11H,1-6H3;7-10H,1-6H3;6-9H,1-5H3. The molecule has 12 aromatic rings. The second kappa shape index (κ2) is 44.4. The highest BCUT2D eigenvalue weighted by atomic mass is 35.5. The van der Waals surface area contributed by atoms with E-state index in [-0.39, 0.29) is 73.9 Å². The average Bonchev–Trinajstić information content (AvgIpc) is 0.828. The number of aromatic nitrogens is 13. The fourth-order valence-electron chi connectivity index (χ4n) is 13.8. The molecule has 0 bridgehead atoms. The number of hydrogen-bond acceptors (Lipinski definition) is 22. The predicted molar refractivity (Wildman–Crippen MR) is 520 cm³/mol. The van der Waals surface area contributed by atoms with Crippen LogP contribution in [0.5, 0.6) is 40.4 Å². The van der Waals surface area contributed by atoms with E-state index in [9.17, 15) is 17.2 Å². The van der Waals surface area contributed by atoms with Gasteiger partial charge in [-0.2, -0.15) is 0 Å². The van der Waals surface area contributed by atoms with E-state index in [4.69, 9.17) is 64.7 Å². The lowest BCUT2D eigenvalue weighted by molar-refractivity contribution is 0.231. The fourth-order valence-corrected chi connectivity index (χ4v) is 14.8. The van der Waals surface area contributed by atoms with Gasteiger partial charge in [0.2, 0.25) is 5.88 Å². The summed E-state index contributed by atoms with van der Waals surface area (Å²) >= 11 is 6.31. The van der Waals surface area contributed by atoms with Crippen molar-refractivity contribution in [2.45, 2.75) is 264 Å².